The quantitative estimate of drug-likeness (QED) is 0.425. The molecule has 0 aliphatic carbocycles. The Labute approximate surface area is 170 Å². The number of hydrogen-bond donors (Lipinski definition) is 1. The van der Waals surface area contributed by atoms with E-state index < -0.39 is 12.1 Å². The summed E-state index contributed by atoms with van der Waals surface area (Å²) in [5.74, 6) is -0.842. The summed E-state index contributed by atoms with van der Waals surface area (Å²) in [6.07, 6.45) is 2.16. The molecule has 0 bridgehead atoms. The number of halogens is 1. The van der Waals surface area contributed by atoms with Crippen LogP contribution in [0.1, 0.15) is 23.0 Å². The standard InChI is InChI=1S/C21H16ClNO4S/c1-13(21(25)26)27-18-9-4-14(5-10-18)19(24)11-8-17-12-28-20(23-17)15-2-6-16(22)7-3-15/h2-13H,1H3,(H,25,26)/b11-8+. The van der Waals surface area contributed by atoms with Crippen LogP contribution < -0.4 is 4.74 Å². The van der Waals surface area contributed by atoms with E-state index in [-0.39, 0.29) is 5.78 Å². The third-order valence-electron chi connectivity index (χ3n) is 3.82. The molecule has 2 aromatic carbocycles. The Bertz CT molecular complexity index is 1010. The maximum Gasteiger partial charge on any atom is 0.344 e. The number of carbonyl (C=O) groups is 2. The SMILES string of the molecule is CC(Oc1ccc(C(=O)/C=C/c2csc(-c3ccc(Cl)cc3)n2)cc1)C(=O)O. The second-order valence-electron chi connectivity index (χ2n) is 5.90. The second-order valence-corrected chi connectivity index (χ2v) is 7.20. The Balaban J connectivity index is 1.65. The molecular formula is C21H16ClNO4S. The van der Waals surface area contributed by atoms with Gasteiger partial charge in [-0.2, -0.15) is 0 Å². The van der Waals surface area contributed by atoms with Gasteiger partial charge in [0.25, 0.3) is 0 Å². The topological polar surface area (TPSA) is 76.5 Å². The van der Waals surface area contributed by atoms with Crippen molar-refractivity contribution < 1.29 is 19.4 Å². The Morgan fingerprint density at radius 3 is 2.46 bits per heavy atom. The smallest absolute Gasteiger partial charge is 0.344 e. The van der Waals surface area contributed by atoms with Crippen LogP contribution in [-0.2, 0) is 4.79 Å². The van der Waals surface area contributed by atoms with Crippen LogP contribution in [0.25, 0.3) is 16.6 Å². The minimum Gasteiger partial charge on any atom is -0.479 e. The summed E-state index contributed by atoms with van der Waals surface area (Å²) in [5.41, 5.74) is 2.13. The van der Waals surface area contributed by atoms with Crippen LogP contribution in [0.2, 0.25) is 5.02 Å². The number of aromatic nitrogens is 1. The molecule has 1 N–H and O–H groups in total. The number of benzene rings is 2. The molecular weight excluding hydrogens is 398 g/mol. The average molecular weight is 414 g/mol. The molecule has 0 saturated heterocycles. The summed E-state index contributed by atoms with van der Waals surface area (Å²) < 4.78 is 5.25. The van der Waals surface area contributed by atoms with Crippen LogP contribution in [0.15, 0.2) is 60.0 Å². The zero-order chi connectivity index (χ0) is 20.1. The molecule has 0 saturated carbocycles. The number of allylic oxidation sites excluding steroid dienone is 1. The summed E-state index contributed by atoms with van der Waals surface area (Å²) >= 11 is 7.38. The van der Waals surface area contributed by atoms with Gasteiger partial charge in [-0.25, -0.2) is 9.78 Å². The molecule has 7 heteroatoms. The Hall–Kier alpha value is -2.96. The lowest BCUT2D eigenvalue weighted by Gasteiger charge is -2.10. The molecule has 1 aromatic heterocycles. The fourth-order valence-corrected chi connectivity index (χ4v) is 3.22. The third kappa shape index (κ3) is 5.06. The van der Waals surface area contributed by atoms with Crippen LogP contribution in [-0.4, -0.2) is 27.9 Å². The van der Waals surface area contributed by atoms with Crippen LogP contribution in [0.5, 0.6) is 5.75 Å². The normalized spacial score (nSPS) is 12.1. The fourth-order valence-electron chi connectivity index (χ4n) is 2.30. The Kier molecular flexibility index (Phi) is 6.23. The van der Waals surface area contributed by atoms with E-state index in [4.69, 9.17) is 21.4 Å². The molecule has 1 heterocycles. The summed E-state index contributed by atoms with van der Waals surface area (Å²) in [6.45, 7) is 1.44. The number of carbonyl (C=O) groups excluding carboxylic acids is 1. The van der Waals surface area contributed by atoms with E-state index in [1.807, 2.05) is 29.6 Å². The lowest BCUT2D eigenvalue weighted by Crippen LogP contribution is -2.22. The average Bonchev–Trinajstić information content (AvgIpc) is 3.16. The number of carboxylic acid groups (broad SMARTS) is 1. The second kappa shape index (κ2) is 8.82. The first-order valence-corrected chi connectivity index (χ1v) is 9.61. The van der Waals surface area contributed by atoms with Gasteiger partial charge in [0.2, 0.25) is 0 Å². The summed E-state index contributed by atoms with van der Waals surface area (Å²) in [6, 6.07) is 13.7. The molecule has 0 aliphatic rings. The highest BCUT2D eigenvalue weighted by Gasteiger charge is 2.12. The summed E-state index contributed by atoms with van der Waals surface area (Å²) in [4.78, 5) is 27.6. The number of carboxylic acids is 1. The zero-order valence-corrected chi connectivity index (χ0v) is 16.4. The Morgan fingerprint density at radius 1 is 1.14 bits per heavy atom. The van der Waals surface area contributed by atoms with Gasteiger partial charge in [0.15, 0.2) is 11.9 Å². The van der Waals surface area contributed by atoms with Crippen LogP contribution >= 0.6 is 22.9 Å². The van der Waals surface area contributed by atoms with E-state index in [1.54, 1.807) is 30.3 Å². The van der Waals surface area contributed by atoms with Gasteiger partial charge in [0.1, 0.15) is 10.8 Å². The van der Waals surface area contributed by atoms with Gasteiger partial charge in [0, 0.05) is 21.5 Å². The van der Waals surface area contributed by atoms with Crippen molar-refractivity contribution in [3.63, 3.8) is 0 Å². The maximum atomic E-state index is 12.3. The first-order chi connectivity index (χ1) is 13.4. The highest BCUT2D eigenvalue weighted by atomic mass is 35.5. The lowest BCUT2D eigenvalue weighted by atomic mass is 10.1. The third-order valence-corrected chi connectivity index (χ3v) is 4.98. The zero-order valence-electron chi connectivity index (χ0n) is 14.8. The van der Waals surface area contributed by atoms with Gasteiger partial charge < -0.3 is 9.84 Å². The molecule has 0 aliphatic heterocycles. The van der Waals surface area contributed by atoms with Crippen molar-refractivity contribution in [2.75, 3.05) is 0 Å². The van der Waals surface area contributed by atoms with Crippen LogP contribution in [0.4, 0.5) is 0 Å². The number of nitrogens with zero attached hydrogens (tertiary/aromatic N) is 1. The van der Waals surface area contributed by atoms with Gasteiger partial charge >= 0.3 is 5.97 Å². The van der Waals surface area contributed by atoms with Crippen LogP contribution in [0, 0.1) is 0 Å². The first-order valence-electron chi connectivity index (χ1n) is 8.36. The van der Waals surface area contributed by atoms with Crippen molar-refractivity contribution in [3.05, 3.63) is 76.3 Å². The highest BCUT2D eigenvalue weighted by Crippen LogP contribution is 2.25. The number of hydrogen-bond acceptors (Lipinski definition) is 5. The van der Waals surface area contributed by atoms with Crippen molar-refractivity contribution in [2.45, 2.75) is 13.0 Å². The summed E-state index contributed by atoms with van der Waals surface area (Å²) in [7, 11) is 0. The predicted molar refractivity (Wildman–Crippen MR) is 110 cm³/mol. The molecule has 3 rings (SSSR count). The van der Waals surface area contributed by atoms with Gasteiger partial charge in [0.05, 0.1) is 5.69 Å². The molecule has 28 heavy (non-hydrogen) atoms. The molecule has 1 unspecified atom stereocenters. The molecule has 3 aromatic rings. The van der Waals surface area contributed by atoms with Crippen LogP contribution in [0.3, 0.4) is 0 Å². The van der Waals surface area contributed by atoms with Gasteiger partial charge in [-0.15, -0.1) is 11.3 Å². The first kappa shape index (κ1) is 19.8. The maximum absolute atomic E-state index is 12.3. The van der Waals surface area contributed by atoms with Crippen molar-refractivity contribution in [2.24, 2.45) is 0 Å². The number of thiazole rings is 1. The fraction of sp³-hybridized carbons (Fsp3) is 0.0952. The lowest BCUT2D eigenvalue weighted by molar-refractivity contribution is -0.144. The van der Waals surface area contributed by atoms with Gasteiger partial charge in [-0.3, -0.25) is 4.79 Å². The Morgan fingerprint density at radius 2 is 1.82 bits per heavy atom. The predicted octanol–water partition coefficient (Wildman–Crippen LogP) is 5.21. The van der Waals surface area contributed by atoms with E-state index >= 15 is 0 Å². The summed E-state index contributed by atoms with van der Waals surface area (Å²) in [5, 5.41) is 12.2. The number of ether oxygens (including phenoxy) is 1. The van der Waals surface area contributed by atoms with Gasteiger partial charge in [-0.05, 0) is 55.5 Å². The van der Waals surface area contributed by atoms with E-state index in [0.717, 1.165) is 10.6 Å². The molecule has 5 nitrogen and oxygen atoms in total. The molecule has 0 amide bonds. The molecule has 0 fully saturated rings. The van der Waals surface area contributed by atoms with E-state index in [1.165, 1.54) is 24.3 Å². The van der Waals surface area contributed by atoms with Gasteiger partial charge in [-0.1, -0.05) is 23.7 Å². The number of rotatable bonds is 7. The van der Waals surface area contributed by atoms with Crippen molar-refractivity contribution in [3.8, 4) is 16.3 Å². The van der Waals surface area contributed by atoms with E-state index in [0.29, 0.717) is 22.0 Å². The molecule has 0 spiro atoms. The molecule has 0 radical (unpaired) electrons. The minimum atomic E-state index is -1.05. The minimum absolute atomic E-state index is 0.182. The monoisotopic (exact) mass is 413 g/mol. The number of aliphatic carboxylic acids is 1. The van der Waals surface area contributed by atoms with Crippen molar-refractivity contribution in [1.82, 2.24) is 4.98 Å². The number of ketones is 1. The van der Waals surface area contributed by atoms with Crippen molar-refractivity contribution >= 4 is 40.8 Å². The largest absolute Gasteiger partial charge is 0.479 e. The molecule has 142 valence electrons. The molecule has 1 atom stereocenters. The van der Waals surface area contributed by atoms with E-state index in [9.17, 15) is 9.59 Å². The van der Waals surface area contributed by atoms with Crippen molar-refractivity contribution in [1.29, 1.82) is 0 Å². The van der Waals surface area contributed by atoms with E-state index in [2.05, 4.69) is 4.98 Å². The highest BCUT2D eigenvalue weighted by molar-refractivity contribution is 7.13.